The van der Waals surface area contributed by atoms with Crippen molar-refractivity contribution in [3.8, 4) is 0 Å². The molecular formula is C19H15ClN2OS. The van der Waals surface area contributed by atoms with E-state index in [0.717, 1.165) is 44.5 Å². The van der Waals surface area contributed by atoms with E-state index in [2.05, 4.69) is 12.2 Å². The smallest absolute Gasteiger partial charge is 0.196 e. The zero-order valence-corrected chi connectivity index (χ0v) is 14.7. The Morgan fingerprint density at radius 3 is 2.83 bits per heavy atom. The van der Waals surface area contributed by atoms with Crippen LogP contribution in [0.3, 0.4) is 0 Å². The van der Waals surface area contributed by atoms with Crippen LogP contribution in [0.2, 0.25) is 5.02 Å². The molecule has 2 aromatic heterocycles. The number of rotatable bonds is 3. The minimum absolute atomic E-state index is 0.0357. The Balaban J connectivity index is 2.21. The van der Waals surface area contributed by atoms with Crippen molar-refractivity contribution < 1.29 is 0 Å². The molecule has 0 atom stereocenters. The maximum atomic E-state index is 13.1. The Morgan fingerprint density at radius 2 is 2.00 bits per heavy atom. The van der Waals surface area contributed by atoms with Gasteiger partial charge < -0.3 is 5.32 Å². The molecule has 0 unspecified atom stereocenters. The zero-order chi connectivity index (χ0) is 16.7. The van der Waals surface area contributed by atoms with Crippen LogP contribution >= 0.6 is 22.9 Å². The maximum Gasteiger partial charge on any atom is 0.196 e. The molecule has 0 radical (unpaired) electrons. The summed E-state index contributed by atoms with van der Waals surface area (Å²) in [7, 11) is 0. The summed E-state index contributed by atoms with van der Waals surface area (Å²) in [6.45, 7) is 2.92. The van der Waals surface area contributed by atoms with Gasteiger partial charge in [-0.25, -0.2) is 4.98 Å². The Kier molecular flexibility index (Phi) is 3.87. The second-order valence-electron chi connectivity index (χ2n) is 5.68. The second-order valence-corrected chi connectivity index (χ2v) is 7.17. The van der Waals surface area contributed by atoms with Crippen molar-refractivity contribution in [1.82, 2.24) is 4.98 Å². The fourth-order valence-electron chi connectivity index (χ4n) is 2.90. The molecule has 0 bridgehead atoms. The Morgan fingerprint density at radius 1 is 1.17 bits per heavy atom. The van der Waals surface area contributed by atoms with Crippen molar-refractivity contribution in [3.63, 3.8) is 0 Å². The van der Waals surface area contributed by atoms with E-state index in [0.29, 0.717) is 10.4 Å². The quantitative estimate of drug-likeness (QED) is 0.393. The van der Waals surface area contributed by atoms with Gasteiger partial charge in [-0.15, -0.1) is 11.3 Å². The third-order valence-electron chi connectivity index (χ3n) is 4.02. The molecule has 0 saturated heterocycles. The van der Waals surface area contributed by atoms with E-state index >= 15 is 0 Å². The summed E-state index contributed by atoms with van der Waals surface area (Å²) < 4.78 is 1.78. The highest BCUT2D eigenvalue weighted by Gasteiger charge is 2.14. The normalized spacial score (nSPS) is 11.4. The largest absolute Gasteiger partial charge is 0.369 e. The van der Waals surface area contributed by atoms with Gasteiger partial charge in [-0.2, -0.15) is 0 Å². The van der Waals surface area contributed by atoms with E-state index in [1.54, 1.807) is 17.4 Å². The molecule has 2 aromatic carbocycles. The van der Waals surface area contributed by atoms with Crippen LogP contribution in [0.15, 0.2) is 47.3 Å². The summed E-state index contributed by atoms with van der Waals surface area (Å²) in [6, 6.07) is 13.2. The van der Waals surface area contributed by atoms with Crippen molar-refractivity contribution in [3.05, 3.63) is 57.7 Å². The fourth-order valence-corrected chi connectivity index (χ4v) is 4.33. The highest BCUT2D eigenvalue weighted by Crippen LogP contribution is 2.34. The van der Waals surface area contributed by atoms with Crippen LogP contribution in [0.1, 0.15) is 13.3 Å². The number of halogens is 1. The number of benzene rings is 2. The predicted molar refractivity (Wildman–Crippen MR) is 105 cm³/mol. The van der Waals surface area contributed by atoms with E-state index in [-0.39, 0.29) is 5.43 Å². The van der Waals surface area contributed by atoms with E-state index in [4.69, 9.17) is 16.6 Å². The Bertz CT molecular complexity index is 1140. The number of para-hydroxylation sites is 1. The molecule has 0 aliphatic carbocycles. The van der Waals surface area contributed by atoms with Crippen LogP contribution in [-0.4, -0.2) is 11.5 Å². The van der Waals surface area contributed by atoms with Gasteiger partial charge in [-0.05, 0) is 30.7 Å². The molecule has 0 amide bonds. The Hall–Kier alpha value is -2.17. The van der Waals surface area contributed by atoms with E-state index in [1.807, 2.05) is 36.4 Å². The third kappa shape index (κ3) is 2.43. The molecule has 5 heteroatoms. The van der Waals surface area contributed by atoms with Gasteiger partial charge in [0.05, 0.1) is 15.6 Å². The number of aromatic nitrogens is 1. The van der Waals surface area contributed by atoms with Gasteiger partial charge in [-0.1, -0.05) is 36.7 Å². The van der Waals surface area contributed by atoms with E-state index in [9.17, 15) is 4.79 Å². The first-order valence-electron chi connectivity index (χ1n) is 7.87. The summed E-state index contributed by atoms with van der Waals surface area (Å²) in [5, 5.41) is 6.33. The minimum Gasteiger partial charge on any atom is -0.369 e. The van der Waals surface area contributed by atoms with Gasteiger partial charge in [-0.3, -0.25) is 4.79 Å². The lowest BCUT2D eigenvalue weighted by atomic mass is 10.1. The third-order valence-corrected chi connectivity index (χ3v) is 5.41. The lowest BCUT2D eigenvalue weighted by molar-refractivity contribution is 0.974. The summed E-state index contributed by atoms with van der Waals surface area (Å²) >= 11 is 7.68. The first kappa shape index (κ1) is 15.4. The van der Waals surface area contributed by atoms with Crippen molar-refractivity contribution in [2.45, 2.75) is 13.3 Å². The average molecular weight is 355 g/mol. The predicted octanol–water partition coefficient (Wildman–Crippen LogP) is 5.44. The van der Waals surface area contributed by atoms with E-state index < -0.39 is 0 Å². The molecule has 0 aliphatic rings. The lowest BCUT2D eigenvalue weighted by Crippen LogP contribution is -2.07. The number of nitrogens with one attached hydrogen (secondary N) is 1. The van der Waals surface area contributed by atoms with Gasteiger partial charge in [0.15, 0.2) is 5.43 Å². The molecule has 120 valence electrons. The summed E-state index contributed by atoms with van der Waals surface area (Å²) in [5.74, 6) is 0.773. The average Bonchev–Trinajstić information content (AvgIpc) is 2.59. The second kappa shape index (κ2) is 6.04. The molecule has 4 aromatic rings. The molecule has 3 nitrogen and oxygen atoms in total. The van der Waals surface area contributed by atoms with Crippen molar-refractivity contribution in [2.24, 2.45) is 0 Å². The number of anilines is 1. The molecule has 4 rings (SSSR count). The van der Waals surface area contributed by atoms with Crippen LogP contribution < -0.4 is 10.7 Å². The molecule has 0 fully saturated rings. The maximum absolute atomic E-state index is 13.1. The number of hydrogen-bond acceptors (Lipinski definition) is 4. The van der Waals surface area contributed by atoms with Gasteiger partial charge in [0.1, 0.15) is 5.82 Å². The number of hydrogen-bond donors (Lipinski definition) is 1. The van der Waals surface area contributed by atoms with Crippen LogP contribution in [0, 0.1) is 0 Å². The number of pyridine rings is 1. The summed E-state index contributed by atoms with van der Waals surface area (Å²) in [4.78, 5) is 17.9. The van der Waals surface area contributed by atoms with Crippen LogP contribution in [0.25, 0.3) is 31.1 Å². The summed E-state index contributed by atoms with van der Waals surface area (Å²) in [6.07, 6.45) is 0.990. The highest BCUT2D eigenvalue weighted by atomic mass is 35.5. The molecule has 0 spiro atoms. The topological polar surface area (TPSA) is 42.0 Å². The standard InChI is InChI=1S/C19H15ClN2OS/c1-2-9-21-19-18-16(12-5-3-4-6-14(12)22-19)17(23)13-8-7-11(20)10-15(13)24-18/h3-8,10H,2,9H2,1H3,(H,21,22). The van der Waals surface area contributed by atoms with Gasteiger partial charge >= 0.3 is 0 Å². The molecule has 0 saturated carbocycles. The number of fused-ring (bicyclic) bond motifs is 4. The SMILES string of the molecule is CCCNc1nc2ccccc2c2c(=O)c3ccc(Cl)cc3sc12. The highest BCUT2D eigenvalue weighted by molar-refractivity contribution is 7.25. The van der Waals surface area contributed by atoms with Gasteiger partial charge in [0.25, 0.3) is 0 Å². The van der Waals surface area contributed by atoms with Gasteiger partial charge in [0.2, 0.25) is 0 Å². The molecule has 1 N–H and O–H groups in total. The van der Waals surface area contributed by atoms with Crippen molar-refractivity contribution in [1.29, 1.82) is 0 Å². The van der Waals surface area contributed by atoms with E-state index in [1.165, 1.54) is 0 Å². The molecule has 0 aliphatic heterocycles. The van der Waals surface area contributed by atoms with Crippen LogP contribution in [0.5, 0.6) is 0 Å². The number of nitrogens with zero attached hydrogens (tertiary/aromatic N) is 1. The zero-order valence-electron chi connectivity index (χ0n) is 13.1. The Labute approximate surface area is 147 Å². The van der Waals surface area contributed by atoms with Crippen LogP contribution in [-0.2, 0) is 0 Å². The van der Waals surface area contributed by atoms with Crippen molar-refractivity contribution in [2.75, 3.05) is 11.9 Å². The summed E-state index contributed by atoms with van der Waals surface area (Å²) in [5.41, 5.74) is 0.870. The molecule has 24 heavy (non-hydrogen) atoms. The molecular weight excluding hydrogens is 340 g/mol. The first-order valence-corrected chi connectivity index (χ1v) is 9.07. The first-order chi connectivity index (χ1) is 11.7. The lowest BCUT2D eigenvalue weighted by Gasteiger charge is -2.11. The fraction of sp³-hybridized carbons (Fsp3) is 0.158. The molecule has 2 heterocycles. The minimum atomic E-state index is 0.0357. The van der Waals surface area contributed by atoms with Crippen molar-refractivity contribution >= 4 is 59.8 Å². The monoisotopic (exact) mass is 354 g/mol. The van der Waals surface area contributed by atoms with Crippen LogP contribution in [0.4, 0.5) is 5.82 Å². The van der Waals surface area contributed by atoms with Gasteiger partial charge in [0, 0.05) is 27.0 Å².